The van der Waals surface area contributed by atoms with Gasteiger partial charge < -0.3 is 4.74 Å². The van der Waals surface area contributed by atoms with Crippen LogP contribution >= 0.6 is 11.8 Å². The molecule has 0 spiro atoms. The van der Waals surface area contributed by atoms with Crippen LogP contribution in [0, 0.1) is 39.9 Å². The highest BCUT2D eigenvalue weighted by atomic mass is 32.2. The molecule has 1 atom stereocenters. The summed E-state index contributed by atoms with van der Waals surface area (Å²) >= 11 is 1.32. The highest BCUT2D eigenvalue weighted by Gasteiger charge is 2.29. The number of carbonyl (C=O) groups is 1. The van der Waals surface area contributed by atoms with Crippen LogP contribution in [0.3, 0.4) is 0 Å². The average molecular weight is 343 g/mol. The molecule has 0 amide bonds. The molecule has 0 aromatic rings. The van der Waals surface area contributed by atoms with E-state index in [1.807, 2.05) is 12.1 Å². The van der Waals surface area contributed by atoms with Gasteiger partial charge in [0.25, 0.3) is 0 Å². The highest BCUT2D eigenvalue weighted by molar-refractivity contribution is 8.02. The summed E-state index contributed by atoms with van der Waals surface area (Å²) in [6.07, 6.45) is 6.97. The predicted octanol–water partition coefficient (Wildman–Crippen LogP) is 4.00. The summed E-state index contributed by atoms with van der Waals surface area (Å²) in [7, 11) is 0. The Bertz CT molecular complexity index is 643. The predicted molar refractivity (Wildman–Crippen MR) is 92.2 cm³/mol. The second-order valence-electron chi connectivity index (χ2n) is 5.36. The number of ether oxygens (including phenoxy) is 1. The lowest BCUT2D eigenvalue weighted by Gasteiger charge is -2.22. The van der Waals surface area contributed by atoms with Crippen LogP contribution in [0.4, 0.5) is 0 Å². The molecule has 0 aliphatic heterocycles. The fourth-order valence-electron chi connectivity index (χ4n) is 2.86. The fraction of sp³-hybridized carbons (Fsp3) is 0.556. The number of nitrogens with zero attached hydrogens (tertiary/aromatic N) is 3. The minimum atomic E-state index is -0.973. The maximum atomic E-state index is 12.2. The van der Waals surface area contributed by atoms with Gasteiger partial charge in [0.15, 0.2) is 5.92 Å². The van der Waals surface area contributed by atoms with Crippen LogP contribution in [0.5, 0.6) is 0 Å². The third-order valence-corrected chi connectivity index (χ3v) is 4.80. The normalized spacial score (nSPS) is 15.8. The van der Waals surface area contributed by atoms with Crippen LogP contribution in [0.1, 0.15) is 45.4 Å². The second kappa shape index (κ2) is 10.5. The van der Waals surface area contributed by atoms with Crippen LogP contribution < -0.4 is 0 Å². The molecule has 0 saturated carbocycles. The van der Waals surface area contributed by atoms with Gasteiger partial charge in [-0.25, -0.2) is 0 Å². The number of thioether (sulfide) groups is 1. The first-order valence-electron chi connectivity index (χ1n) is 8.01. The zero-order chi connectivity index (χ0) is 17.9. The van der Waals surface area contributed by atoms with Crippen molar-refractivity contribution in [2.45, 2.75) is 45.4 Å². The summed E-state index contributed by atoms with van der Waals surface area (Å²) in [6.45, 7) is 1.92. The summed E-state index contributed by atoms with van der Waals surface area (Å²) in [4.78, 5) is 12.8. The Morgan fingerprint density at radius 1 is 1.17 bits per heavy atom. The first kappa shape index (κ1) is 19.8. The second-order valence-corrected chi connectivity index (χ2v) is 6.18. The minimum Gasteiger partial charge on any atom is -0.465 e. The molecule has 5 nitrogen and oxygen atoms in total. The van der Waals surface area contributed by atoms with E-state index in [9.17, 15) is 20.6 Å². The van der Waals surface area contributed by atoms with Gasteiger partial charge in [0.05, 0.1) is 12.7 Å². The first-order chi connectivity index (χ1) is 11.6. The molecule has 0 radical (unpaired) electrons. The summed E-state index contributed by atoms with van der Waals surface area (Å²) in [5, 5.41) is 28.0. The van der Waals surface area contributed by atoms with Crippen molar-refractivity contribution in [3.05, 3.63) is 21.6 Å². The standard InChI is InChI=1S/C18H21N3O2S/c1-3-23-18(22)16(12-21)14-8-6-4-5-7-9-15(14)17(24-2)13(10-19)11-20/h16H,3-9H2,1-2H3/t16-/m0/s1. The van der Waals surface area contributed by atoms with E-state index in [0.29, 0.717) is 23.3 Å². The largest absolute Gasteiger partial charge is 0.465 e. The van der Waals surface area contributed by atoms with E-state index >= 15 is 0 Å². The summed E-state index contributed by atoms with van der Waals surface area (Å²) in [5.41, 5.74) is 1.55. The smallest absolute Gasteiger partial charge is 0.327 e. The number of nitriles is 3. The van der Waals surface area contributed by atoms with Gasteiger partial charge in [0.1, 0.15) is 17.7 Å². The maximum absolute atomic E-state index is 12.2. The van der Waals surface area contributed by atoms with Gasteiger partial charge in [-0.1, -0.05) is 12.8 Å². The third-order valence-electron chi connectivity index (χ3n) is 3.94. The summed E-state index contributed by atoms with van der Waals surface area (Å²) in [6, 6.07) is 5.92. The average Bonchev–Trinajstić information content (AvgIpc) is 2.56. The Hall–Kier alpha value is -2.23. The van der Waals surface area contributed by atoms with Gasteiger partial charge in [-0.15, -0.1) is 11.8 Å². The quantitative estimate of drug-likeness (QED) is 0.552. The molecule has 0 aromatic carbocycles. The van der Waals surface area contributed by atoms with Crippen molar-refractivity contribution in [1.29, 1.82) is 15.8 Å². The van der Waals surface area contributed by atoms with Crippen molar-refractivity contribution >= 4 is 17.7 Å². The molecule has 0 fully saturated rings. The molecule has 0 saturated heterocycles. The number of allylic oxidation sites excluding steroid dienone is 2. The third kappa shape index (κ3) is 4.88. The van der Waals surface area contributed by atoms with E-state index in [2.05, 4.69) is 6.07 Å². The fourth-order valence-corrected chi connectivity index (χ4v) is 3.64. The Kier molecular flexibility index (Phi) is 8.69. The van der Waals surface area contributed by atoms with Crippen LogP contribution in [0.2, 0.25) is 0 Å². The van der Waals surface area contributed by atoms with E-state index in [0.717, 1.165) is 31.3 Å². The Labute approximate surface area is 147 Å². The maximum Gasteiger partial charge on any atom is 0.327 e. The van der Waals surface area contributed by atoms with Crippen molar-refractivity contribution in [3.8, 4) is 18.2 Å². The Morgan fingerprint density at radius 2 is 1.79 bits per heavy atom. The Balaban J connectivity index is 3.54. The number of esters is 1. The molecule has 1 aliphatic rings. The van der Waals surface area contributed by atoms with Gasteiger partial charge in [0, 0.05) is 4.91 Å². The zero-order valence-electron chi connectivity index (χ0n) is 14.1. The molecular formula is C18H21N3O2S. The van der Waals surface area contributed by atoms with Gasteiger partial charge in [-0.3, -0.25) is 4.79 Å². The lowest BCUT2D eigenvalue weighted by atomic mass is 9.85. The first-order valence-corrected chi connectivity index (χ1v) is 9.24. The van der Waals surface area contributed by atoms with Crippen molar-refractivity contribution in [2.75, 3.05) is 12.9 Å². The number of rotatable bonds is 5. The SMILES string of the molecule is CCOC(=O)[C@@H](C#N)C1=C(C(SC)=C(C#N)C#N)CCCCCC1. The van der Waals surface area contributed by atoms with E-state index in [-0.39, 0.29) is 12.2 Å². The van der Waals surface area contributed by atoms with Crippen molar-refractivity contribution in [2.24, 2.45) is 5.92 Å². The van der Waals surface area contributed by atoms with E-state index in [1.165, 1.54) is 11.8 Å². The van der Waals surface area contributed by atoms with Crippen LogP contribution in [-0.4, -0.2) is 18.8 Å². The van der Waals surface area contributed by atoms with Crippen LogP contribution in [0.15, 0.2) is 21.6 Å². The highest BCUT2D eigenvalue weighted by Crippen LogP contribution is 2.37. The molecular weight excluding hydrogens is 322 g/mol. The van der Waals surface area contributed by atoms with E-state index in [1.54, 1.807) is 13.2 Å². The molecule has 0 bridgehead atoms. The molecule has 1 aliphatic carbocycles. The number of hydrogen-bond donors (Lipinski definition) is 0. The molecule has 0 heterocycles. The molecule has 0 aromatic heterocycles. The summed E-state index contributed by atoms with van der Waals surface area (Å²) in [5.74, 6) is -1.53. The van der Waals surface area contributed by atoms with Crippen molar-refractivity contribution < 1.29 is 9.53 Å². The molecule has 0 N–H and O–H groups in total. The van der Waals surface area contributed by atoms with Gasteiger partial charge in [0.2, 0.25) is 0 Å². The Morgan fingerprint density at radius 3 is 2.29 bits per heavy atom. The molecule has 0 unspecified atom stereocenters. The monoisotopic (exact) mass is 343 g/mol. The lowest BCUT2D eigenvalue weighted by molar-refractivity contribution is -0.144. The molecule has 126 valence electrons. The topological polar surface area (TPSA) is 97.7 Å². The van der Waals surface area contributed by atoms with Gasteiger partial charge in [-0.2, -0.15) is 15.8 Å². The summed E-state index contributed by atoms with van der Waals surface area (Å²) < 4.78 is 5.05. The molecule has 24 heavy (non-hydrogen) atoms. The molecule has 1 rings (SSSR count). The van der Waals surface area contributed by atoms with E-state index < -0.39 is 11.9 Å². The number of carbonyl (C=O) groups excluding carboxylic acids is 1. The minimum absolute atomic E-state index is 0.0381. The van der Waals surface area contributed by atoms with Crippen molar-refractivity contribution in [1.82, 2.24) is 0 Å². The lowest BCUT2D eigenvalue weighted by Crippen LogP contribution is -2.21. The van der Waals surface area contributed by atoms with Gasteiger partial charge >= 0.3 is 5.97 Å². The zero-order valence-corrected chi connectivity index (χ0v) is 14.9. The number of hydrogen-bond acceptors (Lipinski definition) is 6. The van der Waals surface area contributed by atoms with E-state index in [4.69, 9.17) is 4.74 Å². The molecule has 6 heteroatoms. The van der Waals surface area contributed by atoms with Crippen LogP contribution in [-0.2, 0) is 9.53 Å². The van der Waals surface area contributed by atoms with Crippen LogP contribution in [0.25, 0.3) is 0 Å². The van der Waals surface area contributed by atoms with Gasteiger partial charge in [-0.05, 0) is 50.0 Å². The van der Waals surface area contributed by atoms with Crippen molar-refractivity contribution in [3.63, 3.8) is 0 Å².